The van der Waals surface area contributed by atoms with Gasteiger partial charge in [-0.05, 0) is 31.2 Å². The lowest BCUT2D eigenvalue weighted by Crippen LogP contribution is -2.22. The topological polar surface area (TPSA) is 54.9 Å². The molecule has 0 unspecified atom stereocenters. The van der Waals surface area contributed by atoms with Crippen molar-refractivity contribution in [1.29, 1.82) is 0 Å². The Balaban J connectivity index is 1.64. The van der Waals surface area contributed by atoms with Crippen LogP contribution < -0.4 is 5.32 Å². The molecule has 1 amide bonds. The molecule has 4 nitrogen and oxygen atoms in total. The summed E-state index contributed by atoms with van der Waals surface area (Å²) < 4.78 is 0. The number of carbonyl (C=O) groups is 1. The van der Waals surface area contributed by atoms with Gasteiger partial charge in [-0.2, -0.15) is 0 Å². The van der Waals surface area contributed by atoms with E-state index in [1.807, 2.05) is 54.8 Å². The van der Waals surface area contributed by atoms with Gasteiger partial charge in [-0.1, -0.05) is 23.8 Å². The van der Waals surface area contributed by atoms with Gasteiger partial charge >= 0.3 is 0 Å². The number of nitrogens with zero attached hydrogens (tertiary/aromatic N) is 2. The summed E-state index contributed by atoms with van der Waals surface area (Å²) in [6, 6.07) is 13.2. The van der Waals surface area contributed by atoms with Crippen molar-refractivity contribution < 1.29 is 4.79 Å². The maximum absolute atomic E-state index is 12.1. The van der Waals surface area contributed by atoms with Crippen LogP contribution in [0.5, 0.6) is 0 Å². The van der Waals surface area contributed by atoms with E-state index < -0.39 is 0 Å². The molecule has 0 fully saturated rings. The first-order chi connectivity index (χ1) is 10.7. The van der Waals surface area contributed by atoms with Crippen LogP contribution in [0.3, 0.4) is 0 Å². The SMILES string of the molecule is Cc1ccc(C(=O)NCc2nc(-c3ccccn3)cs2)cc1. The van der Waals surface area contributed by atoms with Crippen LogP contribution in [0.1, 0.15) is 20.9 Å². The Morgan fingerprint density at radius 1 is 1.14 bits per heavy atom. The summed E-state index contributed by atoms with van der Waals surface area (Å²) in [6.07, 6.45) is 1.74. The summed E-state index contributed by atoms with van der Waals surface area (Å²) in [7, 11) is 0. The predicted molar refractivity (Wildman–Crippen MR) is 87.7 cm³/mol. The second-order valence-corrected chi connectivity index (χ2v) is 5.83. The molecule has 22 heavy (non-hydrogen) atoms. The molecule has 0 radical (unpaired) electrons. The number of aryl methyl sites for hydroxylation is 1. The third-order valence-electron chi connectivity index (χ3n) is 3.19. The second kappa shape index (κ2) is 6.49. The minimum absolute atomic E-state index is 0.0883. The molecule has 0 aliphatic rings. The van der Waals surface area contributed by atoms with Gasteiger partial charge in [0.15, 0.2) is 0 Å². The van der Waals surface area contributed by atoms with Crippen molar-refractivity contribution in [3.63, 3.8) is 0 Å². The summed E-state index contributed by atoms with van der Waals surface area (Å²) in [5, 5.41) is 5.70. The van der Waals surface area contributed by atoms with Crippen LogP contribution in [-0.4, -0.2) is 15.9 Å². The maximum Gasteiger partial charge on any atom is 0.251 e. The minimum atomic E-state index is -0.0883. The third-order valence-corrected chi connectivity index (χ3v) is 4.04. The van der Waals surface area contributed by atoms with Gasteiger partial charge in [-0.25, -0.2) is 4.98 Å². The first kappa shape index (κ1) is 14.4. The average molecular weight is 309 g/mol. The van der Waals surface area contributed by atoms with Crippen molar-refractivity contribution in [3.05, 3.63) is 70.2 Å². The van der Waals surface area contributed by atoms with Gasteiger partial charge in [0.2, 0.25) is 0 Å². The van der Waals surface area contributed by atoms with E-state index in [1.54, 1.807) is 6.20 Å². The first-order valence-electron chi connectivity index (χ1n) is 6.93. The number of nitrogens with one attached hydrogen (secondary N) is 1. The summed E-state index contributed by atoms with van der Waals surface area (Å²) >= 11 is 1.52. The number of hydrogen-bond donors (Lipinski definition) is 1. The summed E-state index contributed by atoms with van der Waals surface area (Å²) in [5.74, 6) is -0.0883. The Morgan fingerprint density at radius 3 is 2.68 bits per heavy atom. The van der Waals surface area contributed by atoms with Crippen molar-refractivity contribution in [3.8, 4) is 11.4 Å². The van der Waals surface area contributed by atoms with Crippen molar-refractivity contribution in [2.45, 2.75) is 13.5 Å². The van der Waals surface area contributed by atoms with Gasteiger partial charge < -0.3 is 5.32 Å². The molecule has 3 aromatic rings. The number of aromatic nitrogens is 2. The molecule has 2 aromatic heterocycles. The number of benzene rings is 1. The predicted octanol–water partition coefficient (Wildman–Crippen LogP) is 3.44. The number of pyridine rings is 1. The highest BCUT2D eigenvalue weighted by Gasteiger charge is 2.08. The fraction of sp³-hybridized carbons (Fsp3) is 0.118. The molecule has 0 saturated carbocycles. The molecule has 0 aliphatic carbocycles. The van der Waals surface area contributed by atoms with E-state index in [0.29, 0.717) is 12.1 Å². The standard InChI is InChI=1S/C17H15N3OS/c1-12-5-7-13(8-6-12)17(21)19-10-16-20-15(11-22-16)14-4-2-3-9-18-14/h2-9,11H,10H2,1H3,(H,19,21). The molecule has 0 saturated heterocycles. The van der Waals surface area contributed by atoms with E-state index in [4.69, 9.17) is 0 Å². The molecule has 0 atom stereocenters. The van der Waals surface area contributed by atoms with Gasteiger partial charge in [0.1, 0.15) is 5.01 Å². The van der Waals surface area contributed by atoms with Crippen molar-refractivity contribution >= 4 is 17.2 Å². The second-order valence-electron chi connectivity index (χ2n) is 4.89. The summed E-state index contributed by atoms with van der Waals surface area (Å²) in [4.78, 5) is 20.8. The van der Waals surface area contributed by atoms with Crippen LogP contribution in [0.4, 0.5) is 0 Å². The Hall–Kier alpha value is -2.53. The van der Waals surface area contributed by atoms with Crippen LogP contribution in [0.2, 0.25) is 0 Å². The summed E-state index contributed by atoms with van der Waals surface area (Å²) in [6.45, 7) is 2.42. The monoisotopic (exact) mass is 309 g/mol. The first-order valence-corrected chi connectivity index (χ1v) is 7.81. The highest BCUT2D eigenvalue weighted by atomic mass is 32.1. The Kier molecular flexibility index (Phi) is 4.25. The fourth-order valence-electron chi connectivity index (χ4n) is 1.99. The van der Waals surface area contributed by atoms with Gasteiger partial charge in [0.25, 0.3) is 5.91 Å². The van der Waals surface area contributed by atoms with Crippen molar-refractivity contribution in [2.24, 2.45) is 0 Å². The molecular weight excluding hydrogens is 294 g/mol. The highest BCUT2D eigenvalue weighted by Crippen LogP contribution is 2.19. The highest BCUT2D eigenvalue weighted by molar-refractivity contribution is 7.09. The number of amides is 1. The lowest BCUT2D eigenvalue weighted by molar-refractivity contribution is 0.0951. The van der Waals surface area contributed by atoms with Gasteiger partial charge in [0.05, 0.1) is 17.9 Å². The normalized spacial score (nSPS) is 10.4. The van der Waals surface area contributed by atoms with Gasteiger partial charge in [0, 0.05) is 17.1 Å². The average Bonchev–Trinajstić information content (AvgIpc) is 3.03. The van der Waals surface area contributed by atoms with E-state index in [2.05, 4.69) is 15.3 Å². The van der Waals surface area contributed by atoms with E-state index in [0.717, 1.165) is 22.0 Å². The lowest BCUT2D eigenvalue weighted by Gasteiger charge is -2.03. The molecule has 3 rings (SSSR count). The van der Waals surface area contributed by atoms with Crippen LogP contribution in [0.25, 0.3) is 11.4 Å². The van der Waals surface area contributed by atoms with Crippen molar-refractivity contribution in [1.82, 2.24) is 15.3 Å². The van der Waals surface area contributed by atoms with E-state index in [-0.39, 0.29) is 5.91 Å². The zero-order valence-electron chi connectivity index (χ0n) is 12.1. The number of thiazole rings is 1. The Bertz CT molecular complexity index is 766. The van der Waals surface area contributed by atoms with E-state index in [9.17, 15) is 4.79 Å². The molecule has 1 N–H and O–H groups in total. The molecule has 0 spiro atoms. The molecule has 0 aliphatic heterocycles. The zero-order chi connectivity index (χ0) is 15.4. The van der Waals surface area contributed by atoms with Crippen LogP contribution >= 0.6 is 11.3 Å². The summed E-state index contributed by atoms with van der Waals surface area (Å²) in [5.41, 5.74) is 3.48. The molecule has 0 bridgehead atoms. The van der Waals surface area contributed by atoms with Crippen molar-refractivity contribution in [2.75, 3.05) is 0 Å². The quantitative estimate of drug-likeness (QED) is 0.803. The van der Waals surface area contributed by atoms with Gasteiger partial charge in [-0.15, -0.1) is 11.3 Å². The molecule has 1 aromatic carbocycles. The number of hydrogen-bond acceptors (Lipinski definition) is 4. The molecule has 2 heterocycles. The van der Waals surface area contributed by atoms with Crippen LogP contribution in [0.15, 0.2) is 54.0 Å². The Labute approximate surface area is 132 Å². The smallest absolute Gasteiger partial charge is 0.251 e. The fourth-order valence-corrected chi connectivity index (χ4v) is 2.71. The van der Waals surface area contributed by atoms with Crippen LogP contribution in [0, 0.1) is 6.92 Å². The number of carbonyl (C=O) groups excluding carboxylic acids is 1. The molecule has 5 heteroatoms. The molecular formula is C17H15N3OS. The lowest BCUT2D eigenvalue weighted by atomic mass is 10.1. The molecule has 110 valence electrons. The van der Waals surface area contributed by atoms with Crippen LogP contribution in [-0.2, 0) is 6.54 Å². The van der Waals surface area contributed by atoms with E-state index in [1.165, 1.54) is 11.3 Å². The zero-order valence-corrected chi connectivity index (χ0v) is 12.9. The third kappa shape index (κ3) is 3.38. The number of rotatable bonds is 4. The van der Waals surface area contributed by atoms with Gasteiger partial charge in [-0.3, -0.25) is 9.78 Å². The largest absolute Gasteiger partial charge is 0.346 e. The maximum atomic E-state index is 12.1. The minimum Gasteiger partial charge on any atom is -0.346 e. The Morgan fingerprint density at radius 2 is 1.95 bits per heavy atom. The van der Waals surface area contributed by atoms with E-state index >= 15 is 0 Å².